The Bertz CT molecular complexity index is 823. The number of nitrogens with one attached hydrogen (secondary N) is 2. The van der Waals surface area contributed by atoms with Crippen LogP contribution >= 0.6 is 0 Å². The number of carbonyl (C=O) groups excluding carboxylic acids is 3. The molecule has 0 bridgehead atoms. The number of amides is 4. The van der Waals surface area contributed by atoms with Crippen molar-refractivity contribution < 1.29 is 19.1 Å². The predicted octanol–water partition coefficient (Wildman–Crippen LogP) is 1.58. The predicted molar refractivity (Wildman–Crippen MR) is 98.2 cm³/mol. The van der Waals surface area contributed by atoms with Gasteiger partial charge >= 0.3 is 6.03 Å². The second-order valence-electron chi connectivity index (χ2n) is 6.07. The van der Waals surface area contributed by atoms with Crippen LogP contribution in [0, 0.1) is 0 Å². The van der Waals surface area contributed by atoms with Crippen molar-refractivity contribution in [2.45, 2.75) is 18.9 Å². The molecule has 1 atom stereocenters. The summed E-state index contributed by atoms with van der Waals surface area (Å²) in [7, 11) is 1.50. The van der Waals surface area contributed by atoms with E-state index >= 15 is 0 Å². The molecule has 2 heterocycles. The van der Waals surface area contributed by atoms with Crippen molar-refractivity contribution in [3.8, 4) is 5.88 Å². The number of ether oxygens (including phenoxy) is 1. The van der Waals surface area contributed by atoms with Gasteiger partial charge in [-0.1, -0.05) is 30.3 Å². The first kappa shape index (κ1) is 18.4. The second-order valence-corrected chi connectivity index (χ2v) is 6.07. The summed E-state index contributed by atoms with van der Waals surface area (Å²) in [5.41, 5.74) is 1.52. The van der Waals surface area contributed by atoms with Gasteiger partial charge in [0.05, 0.1) is 25.4 Å². The van der Waals surface area contributed by atoms with E-state index in [9.17, 15) is 14.4 Å². The molecule has 27 heavy (non-hydrogen) atoms. The molecule has 0 unspecified atom stereocenters. The van der Waals surface area contributed by atoms with Crippen LogP contribution in [0.15, 0.2) is 48.7 Å². The summed E-state index contributed by atoms with van der Waals surface area (Å²) in [6.07, 6.45) is 1.88. The minimum Gasteiger partial charge on any atom is -0.481 e. The smallest absolute Gasteiger partial charge is 0.324 e. The van der Waals surface area contributed by atoms with Crippen molar-refractivity contribution in [2.75, 3.05) is 19.0 Å². The third-order valence-corrected chi connectivity index (χ3v) is 4.19. The number of carbonyl (C=O) groups is 3. The maximum absolute atomic E-state index is 12.4. The highest BCUT2D eigenvalue weighted by Gasteiger charge is 2.38. The average Bonchev–Trinajstić information content (AvgIpc) is 2.94. The monoisotopic (exact) mass is 368 g/mol. The molecule has 1 aliphatic heterocycles. The van der Waals surface area contributed by atoms with Crippen molar-refractivity contribution in [3.05, 3.63) is 54.2 Å². The lowest BCUT2D eigenvalue weighted by Crippen LogP contribution is -2.34. The molecule has 0 saturated carbocycles. The Morgan fingerprint density at radius 3 is 2.67 bits per heavy atom. The largest absolute Gasteiger partial charge is 0.481 e. The van der Waals surface area contributed by atoms with Crippen molar-refractivity contribution >= 4 is 23.5 Å². The maximum Gasteiger partial charge on any atom is 0.324 e. The Hall–Kier alpha value is -3.42. The number of urea groups is 1. The summed E-state index contributed by atoms with van der Waals surface area (Å²) >= 11 is 0. The van der Waals surface area contributed by atoms with E-state index in [0.29, 0.717) is 18.0 Å². The molecule has 2 N–H and O–H groups in total. The summed E-state index contributed by atoms with van der Waals surface area (Å²) in [5, 5.41) is 5.22. The molecule has 8 heteroatoms. The number of benzene rings is 1. The van der Waals surface area contributed by atoms with Crippen molar-refractivity contribution in [1.82, 2.24) is 15.2 Å². The maximum atomic E-state index is 12.4. The quantitative estimate of drug-likeness (QED) is 0.723. The normalized spacial score (nSPS) is 16.2. The van der Waals surface area contributed by atoms with E-state index in [1.807, 2.05) is 30.3 Å². The summed E-state index contributed by atoms with van der Waals surface area (Å²) in [4.78, 5) is 41.8. The number of nitrogens with zero attached hydrogens (tertiary/aromatic N) is 2. The van der Waals surface area contributed by atoms with Crippen LogP contribution in [0.3, 0.4) is 0 Å². The van der Waals surface area contributed by atoms with Gasteiger partial charge in [-0.2, -0.15) is 0 Å². The topological polar surface area (TPSA) is 101 Å². The van der Waals surface area contributed by atoms with E-state index in [-0.39, 0.29) is 24.8 Å². The number of methoxy groups -OCH3 is 1. The van der Waals surface area contributed by atoms with Crippen LogP contribution in [0.1, 0.15) is 12.0 Å². The molecule has 1 aromatic heterocycles. The van der Waals surface area contributed by atoms with Gasteiger partial charge in [0.15, 0.2) is 0 Å². The van der Waals surface area contributed by atoms with Gasteiger partial charge in [-0.3, -0.25) is 14.5 Å². The lowest BCUT2D eigenvalue weighted by molar-refractivity contribution is -0.129. The second kappa shape index (κ2) is 8.31. The van der Waals surface area contributed by atoms with Gasteiger partial charge in [-0.05, 0) is 18.1 Å². The standard InChI is InChI=1S/C19H20N4O4/c1-27-17-8-7-14(12-20-17)21-16(24)11-15-18(25)23(19(26)22-15)10-9-13-5-3-2-4-6-13/h2-8,12,15H,9-11H2,1H3,(H,21,24)(H,22,26)/t15-/m0/s1. The molecule has 1 aromatic carbocycles. The van der Waals surface area contributed by atoms with Gasteiger partial charge in [0.2, 0.25) is 11.8 Å². The van der Waals surface area contributed by atoms with E-state index in [4.69, 9.17) is 4.74 Å². The molecule has 1 aliphatic rings. The molecule has 140 valence electrons. The van der Waals surface area contributed by atoms with Gasteiger partial charge in [0.25, 0.3) is 5.91 Å². The van der Waals surface area contributed by atoms with Crippen LogP contribution in [0.4, 0.5) is 10.5 Å². The van der Waals surface area contributed by atoms with Crippen LogP contribution in [-0.2, 0) is 16.0 Å². The lowest BCUT2D eigenvalue weighted by Gasteiger charge is -2.13. The fraction of sp³-hybridized carbons (Fsp3) is 0.263. The molecule has 0 radical (unpaired) electrons. The zero-order valence-corrected chi connectivity index (χ0v) is 14.8. The summed E-state index contributed by atoms with van der Waals surface area (Å²) in [6, 6.07) is 11.5. The van der Waals surface area contributed by atoms with Crippen LogP contribution in [0.2, 0.25) is 0 Å². The molecule has 8 nitrogen and oxygen atoms in total. The van der Waals surface area contributed by atoms with Crippen LogP contribution in [0.25, 0.3) is 0 Å². The Labute approximate surface area is 156 Å². The molecule has 1 fully saturated rings. The number of hydrogen-bond acceptors (Lipinski definition) is 5. The van der Waals surface area contributed by atoms with Crippen molar-refractivity contribution in [1.29, 1.82) is 0 Å². The zero-order valence-electron chi connectivity index (χ0n) is 14.8. The van der Waals surface area contributed by atoms with E-state index in [2.05, 4.69) is 15.6 Å². The number of aromatic nitrogens is 1. The highest BCUT2D eigenvalue weighted by molar-refractivity contribution is 6.06. The summed E-state index contributed by atoms with van der Waals surface area (Å²) in [6.45, 7) is 0.273. The van der Waals surface area contributed by atoms with Gasteiger partial charge < -0.3 is 15.4 Å². The molecule has 3 rings (SSSR count). The van der Waals surface area contributed by atoms with Gasteiger partial charge in [0.1, 0.15) is 6.04 Å². The van der Waals surface area contributed by atoms with Crippen LogP contribution in [0.5, 0.6) is 5.88 Å². The minimum atomic E-state index is -0.862. The number of rotatable bonds is 7. The number of anilines is 1. The lowest BCUT2D eigenvalue weighted by atomic mass is 10.1. The van der Waals surface area contributed by atoms with Gasteiger partial charge in [-0.25, -0.2) is 9.78 Å². The molecule has 2 aromatic rings. The molecular formula is C19H20N4O4. The number of imide groups is 1. The number of hydrogen-bond donors (Lipinski definition) is 2. The van der Waals surface area contributed by atoms with Gasteiger partial charge in [0, 0.05) is 12.6 Å². The Morgan fingerprint density at radius 1 is 1.22 bits per heavy atom. The highest BCUT2D eigenvalue weighted by Crippen LogP contribution is 2.14. The Balaban J connectivity index is 1.53. The van der Waals surface area contributed by atoms with E-state index < -0.39 is 12.1 Å². The minimum absolute atomic E-state index is 0.140. The van der Waals surface area contributed by atoms with E-state index in [1.54, 1.807) is 12.1 Å². The first-order valence-corrected chi connectivity index (χ1v) is 8.52. The summed E-state index contributed by atoms with van der Waals surface area (Å²) < 4.78 is 4.95. The molecule has 0 aliphatic carbocycles. The molecule has 1 saturated heterocycles. The molecule has 0 spiro atoms. The fourth-order valence-corrected chi connectivity index (χ4v) is 2.78. The fourth-order valence-electron chi connectivity index (χ4n) is 2.78. The Morgan fingerprint density at radius 2 is 2.00 bits per heavy atom. The average molecular weight is 368 g/mol. The first-order chi connectivity index (χ1) is 13.1. The third-order valence-electron chi connectivity index (χ3n) is 4.19. The SMILES string of the molecule is COc1ccc(NC(=O)C[C@@H]2NC(=O)N(CCc3ccccc3)C2=O)cn1. The summed E-state index contributed by atoms with van der Waals surface area (Å²) in [5.74, 6) is -0.343. The third kappa shape index (κ3) is 4.60. The number of pyridine rings is 1. The molecular weight excluding hydrogens is 348 g/mol. The Kier molecular flexibility index (Phi) is 5.65. The zero-order chi connectivity index (χ0) is 19.2. The van der Waals surface area contributed by atoms with Gasteiger partial charge in [-0.15, -0.1) is 0 Å². The van der Waals surface area contributed by atoms with E-state index in [1.165, 1.54) is 13.3 Å². The van der Waals surface area contributed by atoms with Crippen molar-refractivity contribution in [3.63, 3.8) is 0 Å². The van der Waals surface area contributed by atoms with Crippen molar-refractivity contribution in [2.24, 2.45) is 0 Å². The molecule has 4 amide bonds. The van der Waals surface area contributed by atoms with E-state index in [0.717, 1.165) is 10.5 Å². The van der Waals surface area contributed by atoms with Crippen LogP contribution < -0.4 is 15.4 Å². The first-order valence-electron chi connectivity index (χ1n) is 8.52. The van der Waals surface area contributed by atoms with Crippen LogP contribution in [-0.4, -0.2) is 47.4 Å². The highest BCUT2D eigenvalue weighted by atomic mass is 16.5.